The molecule has 0 radical (unpaired) electrons. The molecular weight excluding hydrogens is 329 g/mol. The Morgan fingerprint density at radius 3 is 2.50 bits per heavy atom. The molecule has 0 saturated carbocycles. The van der Waals surface area contributed by atoms with Gasteiger partial charge < -0.3 is 15.2 Å². The van der Waals surface area contributed by atoms with Crippen LogP contribution in [-0.4, -0.2) is 30.1 Å². The van der Waals surface area contributed by atoms with Crippen molar-refractivity contribution in [2.45, 2.75) is 6.18 Å². The van der Waals surface area contributed by atoms with Crippen LogP contribution in [-0.2, 0) is 6.18 Å². The Labute approximate surface area is 134 Å². The normalized spacial score (nSPS) is 11.7. The molecule has 1 heterocycles. The van der Waals surface area contributed by atoms with Gasteiger partial charge in [0, 0.05) is 11.6 Å². The third-order valence-electron chi connectivity index (χ3n) is 2.96. The summed E-state index contributed by atoms with van der Waals surface area (Å²) in [5, 5.41) is 3.77. The van der Waals surface area contributed by atoms with E-state index in [9.17, 15) is 18.0 Å². The minimum absolute atomic E-state index is 0.316. The zero-order valence-electron chi connectivity index (χ0n) is 12.7. The van der Waals surface area contributed by atoms with Gasteiger partial charge in [0.25, 0.3) is 5.56 Å². The summed E-state index contributed by atoms with van der Waals surface area (Å²) >= 11 is 0. The number of halogens is 3. The van der Waals surface area contributed by atoms with Crippen molar-refractivity contribution in [2.75, 3.05) is 20.0 Å². The SMILES string of the molecule is COc1ccc(OC)c(/C=N/n2c(N)nc(C(F)(F)F)cc2=O)c1. The van der Waals surface area contributed by atoms with E-state index in [-0.39, 0.29) is 0 Å². The number of anilines is 1. The Kier molecular flexibility index (Phi) is 4.77. The van der Waals surface area contributed by atoms with Crippen LogP contribution in [0.2, 0.25) is 0 Å². The van der Waals surface area contributed by atoms with Gasteiger partial charge in [-0.1, -0.05) is 0 Å². The summed E-state index contributed by atoms with van der Waals surface area (Å²) in [6.45, 7) is 0. The molecule has 0 amide bonds. The molecule has 0 saturated heterocycles. The van der Waals surface area contributed by atoms with E-state index >= 15 is 0 Å². The summed E-state index contributed by atoms with van der Waals surface area (Å²) in [4.78, 5) is 14.9. The molecular formula is C14H13F3N4O3. The third kappa shape index (κ3) is 3.65. The molecule has 0 bridgehead atoms. The van der Waals surface area contributed by atoms with Crippen molar-refractivity contribution >= 4 is 12.2 Å². The largest absolute Gasteiger partial charge is 0.497 e. The van der Waals surface area contributed by atoms with Crippen molar-refractivity contribution in [1.29, 1.82) is 0 Å². The van der Waals surface area contributed by atoms with Crippen LogP contribution in [0.25, 0.3) is 0 Å². The van der Waals surface area contributed by atoms with Crippen molar-refractivity contribution < 1.29 is 22.6 Å². The lowest BCUT2D eigenvalue weighted by molar-refractivity contribution is -0.141. The van der Waals surface area contributed by atoms with Crippen molar-refractivity contribution in [2.24, 2.45) is 5.10 Å². The summed E-state index contributed by atoms with van der Waals surface area (Å²) in [5.41, 5.74) is 3.38. The van der Waals surface area contributed by atoms with E-state index in [0.717, 1.165) is 0 Å². The van der Waals surface area contributed by atoms with Crippen molar-refractivity contribution in [3.63, 3.8) is 0 Å². The van der Waals surface area contributed by atoms with Crippen LogP contribution in [0, 0.1) is 0 Å². The number of nitrogen functional groups attached to an aromatic ring is 1. The number of nitrogens with two attached hydrogens (primary N) is 1. The maximum atomic E-state index is 12.6. The van der Waals surface area contributed by atoms with Crippen LogP contribution >= 0.6 is 0 Å². The van der Waals surface area contributed by atoms with Crippen LogP contribution in [0.15, 0.2) is 34.2 Å². The van der Waals surface area contributed by atoms with E-state index in [2.05, 4.69) is 10.1 Å². The lowest BCUT2D eigenvalue weighted by atomic mass is 10.2. The molecule has 0 aliphatic rings. The average Bonchev–Trinajstić information content (AvgIpc) is 2.52. The minimum atomic E-state index is -4.77. The van der Waals surface area contributed by atoms with E-state index in [1.165, 1.54) is 20.4 Å². The molecule has 0 fully saturated rings. The van der Waals surface area contributed by atoms with Crippen LogP contribution in [0.4, 0.5) is 19.1 Å². The second kappa shape index (κ2) is 6.60. The molecule has 2 aromatic rings. The first-order valence-corrected chi connectivity index (χ1v) is 6.49. The lowest BCUT2D eigenvalue weighted by Gasteiger charge is -2.09. The molecule has 128 valence electrons. The number of aromatic nitrogens is 2. The van der Waals surface area contributed by atoms with Gasteiger partial charge in [-0.25, -0.2) is 4.98 Å². The summed E-state index contributed by atoms with van der Waals surface area (Å²) < 4.78 is 48.5. The highest BCUT2D eigenvalue weighted by atomic mass is 19.4. The number of rotatable bonds is 4. The van der Waals surface area contributed by atoms with E-state index < -0.39 is 23.4 Å². The zero-order valence-corrected chi connectivity index (χ0v) is 12.7. The van der Waals surface area contributed by atoms with Crippen LogP contribution in [0.5, 0.6) is 11.5 Å². The number of methoxy groups -OCH3 is 2. The first-order chi connectivity index (χ1) is 11.3. The third-order valence-corrected chi connectivity index (χ3v) is 2.96. The van der Waals surface area contributed by atoms with Gasteiger partial charge in [-0.15, -0.1) is 0 Å². The Balaban J connectivity index is 2.45. The summed E-state index contributed by atoms with van der Waals surface area (Å²) in [6.07, 6.45) is -3.57. The van der Waals surface area contributed by atoms with Gasteiger partial charge in [-0.2, -0.15) is 22.9 Å². The molecule has 1 aromatic heterocycles. The Hall–Kier alpha value is -3.04. The van der Waals surface area contributed by atoms with Crippen LogP contribution in [0.1, 0.15) is 11.3 Å². The molecule has 10 heteroatoms. The number of benzene rings is 1. The number of hydrogen-bond acceptors (Lipinski definition) is 6. The molecule has 0 aliphatic carbocycles. The monoisotopic (exact) mass is 342 g/mol. The number of alkyl halides is 3. The van der Waals surface area contributed by atoms with Crippen molar-refractivity contribution in [3.05, 3.63) is 45.9 Å². The second-order valence-electron chi connectivity index (χ2n) is 4.50. The Bertz CT molecular complexity index is 831. The molecule has 24 heavy (non-hydrogen) atoms. The van der Waals surface area contributed by atoms with Crippen LogP contribution < -0.4 is 20.8 Å². The number of ether oxygens (including phenoxy) is 2. The first kappa shape index (κ1) is 17.3. The van der Waals surface area contributed by atoms with E-state index in [4.69, 9.17) is 15.2 Å². The van der Waals surface area contributed by atoms with Crippen molar-refractivity contribution in [1.82, 2.24) is 9.66 Å². The summed E-state index contributed by atoms with van der Waals surface area (Å²) in [7, 11) is 2.89. The fraction of sp³-hybridized carbons (Fsp3) is 0.214. The molecule has 0 atom stereocenters. The Morgan fingerprint density at radius 2 is 1.96 bits per heavy atom. The standard InChI is InChI=1S/C14H13F3N4O3/c1-23-9-3-4-10(24-2)8(5-9)7-19-21-12(22)6-11(14(15,16)17)20-13(21)18/h3-7H,1-2H3,(H2,18,20)/b19-7+. The molecule has 2 rings (SSSR count). The number of hydrogen-bond donors (Lipinski definition) is 1. The fourth-order valence-corrected chi connectivity index (χ4v) is 1.82. The smallest absolute Gasteiger partial charge is 0.433 e. The highest BCUT2D eigenvalue weighted by molar-refractivity contribution is 5.84. The van der Waals surface area contributed by atoms with Gasteiger partial charge in [0.05, 0.1) is 20.4 Å². The molecule has 0 unspecified atom stereocenters. The maximum Gasteiger partial charge on any atom is 0.433 e. The topological polar surface area (TPSA) is 91.7 Å². The summed E-state index contributed by atoms with van der Waals surface area (Å²) in [5.74, 6) is 0.238. The van der Waals surface area contributed by atoms with E-state index in [1.54, 1.807) is 18.2 Å². The van der Waals surface area contributed by atoms with Crippen LogP contribution in [0.3, 0.4) is 0 Å². The average molecular weight is 342 g/mol. The summed E-state index contributed by atoms with van der Waals surface area (Å²) in [6, 6.07) is 5.14. The van der Waals surface area contributed by atoms with E-state index in [0.29, 0.717) is 27.8 Å². The lowest BCUT2D eigenvalue weighted by Crippen LogP contribution is -2.24. The van der Waals surface area contributed by atoms with Gasteiger partial charge in [0.15, 0.2) is 5.69 Å². The predicted octanol–water partition coefficient (Wildman–Crippen LogP) is 1.74. The fourth-order valence-electron chi connectivity index (χ4n) is 1.82. The zero-order chi connectivity index (χ0) is 17.9. The molecule has 1 aromatic carbocycles. The van der Waals surface area contributed by atoms with Crippen molar-refractivity contribution in [3.8, 4) is 11.5 Å². The molecule has 0 spiro atoms. The Morgan fingerprint density at radius 1 is 1.25 bits per heavy atom. The number of nitrogens with zero attached hydrogens (tertiary/aromatic N) is 3. The predicted molar refractivity (Wildman–Crippen MR) is 80.4 cm³/mol. The molecule has 7 nitrogen and oxygen atoms in total. The van der Waals surface area contributed by atoms with E-state index in [1.807, 2.05) is 0 Å². The molecule has 2 N–H and O–H groups in total. The molecule has 0 aliphatic heterocycles. The second-order valence-corrected chi connectivity index (χ2v) is 4.50. The first-order valence-electron chi connectivity index (χ1n) is 6.49. The van der Waals surface area contributed by atoms with Gasteiger partial charge in [0.2, 0.25) is 5.95 Å². The van der Waals surface area contributed by atoms with Gasteiger partial charge in [0.1, 0.15) is 11.5 Å². The highest BCUT2D eigenvalue weighted by Gasteiger charge is 2.33. The van der Waals surface area contributed by atoms with Gasteiger partial charge >= 0.3 is 6.18 Å². The highest BCUT2D eigenvalue weighted by Crippen LogP contribution is 2.27. The van der Waals surface area contributed by atoms with Gasteiger partial charge in [-0.3, -0.25) is 4.79 Å². The quantitative estimate of drug-likeness (QED) is 0.855. The van der Waals surface area contributed by atoms with Gasteiger partial charge in [-0.05, 0) is 18.2 Å². The maximum absolute atomic E-state index is 12.6. The minimum Gasteiger partial charge on any atom is -0.497 e.